The van der Waals surface area contributed by atoms with Crippen molar-refractivity contribution in [3.05, 3.63) is 73.8 Å². The first-order valence-corrected chi connectivity index (χ1v) is 11.5. The number of aryl methyl sites for hydroxylation is 1. The molecule has 0 spiro atoms. The second-order valence-electron chi connectivity index (χ2n) is 7.49. The summed E-state index contributed by atoms with van der Waals surface area (Å²) in [6, 6.07) is 7.51. The van der Waals surface area contributed by atoms with E-state index in [0.29, 0.717) is 25.5 Å². The Kier molecular flexibility index (Phi) is 7.23. The van der Waals surface area contributed by atoms with Crippen LogP contribution in [0.3, 0.4) is 0 Å². The van der Waals surface area contributed by atoms with Crippen LogP contribution in [0.4, 0.5) is 27.6 Å². The Morgan fingerprint density at radius 3 is 2.51 bits per heavy atom. The highest BCUT2D eigenvalue weighted by molar-refractivity contribution is 9.10. The maximum atomic E-state index is 13.5. The summed E-state index contributed by atoms with van der Waals surface area (Å²) in [6.45, 7) is 1.22. The van der Waals surface area contributed by atoms with E-state index in [1.807, 2.05) is 0 Å². The van der Waals surface area contributed by atoms with Gasteiger partial charge in [0.05, 0.1) is 16.4 Å². The van der Waals surface area contributed by atoms with Crippen molar-refractivity contribution in [3.8, 4) is 5.82 Å². The number of halogens is 8. The molecule has 0 radical (unpaired) electrons. The molecule has 0 aliphatic rings. The Bertz CT molecular complexity index is 1470. The molecule has 17 heteroatoms. The van der Waals surface area contributed by atoms with Gasteiger partial charge in [-0.05, 0) is 64.0 Å². The van der Waals surface area contributed by atoms with Gasteiger partial charge in [0.1, 0.15) is 12.2 Å². The van der Waals surface area contributed by atoms with Gasteiger partial charge >= 0.3 is 12.1 Å². The van der Waals surface area contributed by atoms with Crippen LogP contribution in [-0.4, -0.2) is 47.1 Å². The number of benzene rings is 1. The first-order valence-electron chi connectivity index (χ1n) is 9.97. The van der Waals surface area contributed by atoms with Crippen LogP contribution in [0.1, 0.15) is 27.6 Å². The third-order valence-electron chi connectivity index (χ3n) is 4.82. The summed E-state index contributed by atoms with van der Waals surface area (Å²) in [6.07, 6.45) is -4.51. The number of aromatic nitrogens is 7. The fourth-order valence-corrected chi connectivity index (χ4v) is 4.37. The maximum absolute atomic E-state index is 13.5. The summed E-state index contributed by atoms with van der Waals surface area (Å²) < 4.78 is 66.6. The van der Waals surface area contributed by atoms with Gasteiger partial charge in [-0.25, -0.2) is 9.67 Å². The van der Waals surface area contributed by atoms with Crippen LogP contribution in [0, 0.1) is 6.92 Å². The van der Waals surface area contributed by atoms with Crippen LogP contribution in [0.2, 0.25) is 10.0 Å². The highest BCUT2D eigenvalue weighted by atomic mass is 79.9. The number of carbonyl (C=O) groups excluding carboxylic acids is 1. The Balaban J connectivity index is 1.71. The van der Waals surface area contributed by atoms with Crippen LogP contribution >= 0.6 is 39.1 Å². The van der Waals surface area contributed by atoms with E-state index in [9.17, 15) is 26.7 Å². The monoisotopic (exact) mass is 624 g/mol. The summed E-state index contributed by atoms with van der Waals surface area (Å²) in [7, 11) is 0. The Labute approximate surface area is 222 Å². The van der Waals surface area contributed by atoms with Crippen molar-refractivity contribution in [3.63, 3.8) is 0 Å². The number of hydrogen-bond acceptors (Lipinski definition) is 6. The molecule has 0 unspecified atom stereocenters. The van der Waals surface area contributed by atoms with Crippen molar-refractivity contribution in [2.75, 3.05) is 5.32 Å². The van der Waals surface area contributed by atoms with E-state index in [1.165, 1.54) is 18.3 Å². The lowest BCUT2D eigenvalue weighted by Crippen LogP contribution is -2.35. The van der Waals surface area contributed by atoms with Crippen molar-refractivity contribution in [2.24, 2.45) is 0 Å². The number of nitrogens with one attached hydrogen (secondary N) is 1. The van der Waals surface area contributed by atoms with Gasteiger partial charge in [-0.3, -0.25) is 4.79 Å². The molecule has 9 nitrogen and oxygen atoms in total. The molecule has 37 heavy (non-hydrogen) atoms. The Morgan fingerprint density at radius 1 is 1.14 bits per heavy atom. The van der Waals surface area contributed by atoms with Gasteiger partial charge in [-0.15, -0.1) is 10.2 Å². The quantitative estimate of drug-likeness (QED) is 0.280. The smallest absolute Gasteiger partial charge is 0.319 e. The van der Waals surface area contributed by atoms with Crippen LogP contribution < -0.4 is 5.32 Å². The number of rotatable bonds is 6. The highest BCUT2D eigenvalue weighted by Crippen LogP contribution is 2.41. The first kappa shape index (κ1) is 26.9. The van der Waals surface area contributed by atoms with Crippen molar-refractivity contribution in [2.45, 2.75) is 25.6 Å². The van der Waals surface area contributed by atoms with Crippen LogP contribution in [0.5, 0.6) is 0 Å². The molecule has 3 heterocycles. The molecule has 1 amide bonds. The largest absolute Gasteiger partial charge is 0.461 e. The minimum atomic E-state index is -5.91. The summed E-state index contributed by atoms with van der Waals surface area (Å²) >= 11 is 15.6. The van der Waals surface area contributed by atoms with Gasteiger partial charge in [-0.1, -0.05) is 23.2 Å². The number of amides is 1. The first-order chi connectivity index (χ1) is 17.3. The summed E-state index contributed by atoms with van der Waals surface area (Å²) in [4.78, 5) is 17.9. The summed E-state index contributed by atoms with van der Waals surface area (Å²) in [5.41, 5.74) is 0.975. The number of alkyl halides is 5. The minimum Gasteiger partial charge on any atom is -0.319 e. The van der Waals surface area contributed by atoms with E-state index in [4.69, 9.17) is 23.2 Å². The minimum absolute atomic E-state index is 0.0121. The van der Waals surface area contributed by atoms with E-state index in [0.717, 1.165) is 4.68 Å². The number of anilines is 1. The predicted molar refractivity (Wildman–Crippen MR) is 125 cm³/mol. The third kappa shape index (κ3) is 5.43. The van der Waals surface area contributed by atoms with Crippen LogP contribution in [0.25, 0.3) is 5.82 Å². The lowest BCUT2D eigenvalue weighted by molar-refractivity contribution is -0.292. The van der Waals surface area contributed by atoms with Crippen molar-refractivity contribution >= 4 is 50.7 Å². The average molecular weight is 626 g/mol. The van der Waals surface area contributed by atoms with Crippen LogP contribution in [-0.2, 0) is 12.5 Å². The molecule has 3 aromatic heterocycles. The second-order valence-corrected chi connectivity index (χ2v) is 9.19. The molecule has 1 N–H and O–H groups in total. The third-order valence-corrected chi connectivity index (χ3v) is 5.95. The normalized spacial score (nSPS) is 12.1. The Morgan fingerprint density at radius 2 is 1.86 bits per heavy atom. The molecule has 4 aromatic rings. The molecule has 0 saturated heterocycles. The lowest BCUT2D eigenvalue weighted by atomic mass is 10.2. The number of nitrogens with zero attached hydrogens (tertiary/aromatic N) is 7. The molecular formula is C20H12BrCl2F5N8O. The summed E-state index contributed by atoms with van der Waals surface area (Å²) in [5, 5.41) is 16.7. The Hall–Kier alpha value is -3.17. The second kappa shape index (κ2) is 9.95. The molecule has 0 atom stereocenters. The number of hydrogen-bond donors (Lipinski definition) is 1. The predicted octanol–water partition coefficient (Wildman–Crippen LogP) is 5.59. The zero-order chi connectivity index (χ0) is 27.1. The van der Waals surface area contributed by atoms with E-state index in [1.54, 1.807) is 25.1 Å². The fraction of sp³-hybridized carbons (Fsp3) is 0.200. The molecule has 0 bridgehead atoms. The molecule has 0 saturated carbocycles. The molecule has 0 fully saturated rings. The van der Waals surface area contributed by atoms with Gasteiger partial charge < -0.3 is 5.32 Å². The van der Waals surface area contributed by atoms with E-state index >= 15 is 0 Å². The molecule has 0 aliphatic heterocycles. The molecule has 1 aromatic carbocycles. The number of pyridine rings is 1. The standard InChI is InChI=1S/C20H12BrCl2F5N8O/c1-9-5-10(22)6-12(21)15(9)30-17(37)14-7-11(32-36(14)16-13(23)3-2-4-29-16)8-35-33-18(31-34-35)19(24,25)20(26,27)28/h2-7H,8H2,1H3,(H,30,37). The average Bonchev–Trinajstić information content (AvgIpc) is 3.43. The van der Waals surface area contributed by atoms with E-state index in [2.05, 4.69) is 46.7 Å². The molecule has 0 aliphatic carbocycles. The van der Waals surface area contributed by atoms with E-state index < -0.39 is 30.4 Å². The van der Waals surface area contributed by atoms with E-state index in [-0.39, 0.29) is 22.2 Å². The molecule has 4 rings (SSSR count). The SMILES string of the molecule is Cc1cc(Cl)cc(Br)c1NC(=O)c1cc(Cn2nnc(C(F)(F)C(F)(F)F)n2)nn1-c1ncccc1Cl. The van der Waals surface area contributed by atoms with Crippen molar-refractivity contribution < 1.29 is 26.7 Å². The number of carbonyl (C=O) groups is 1. The lowest BCUT2D eigenvalue weighted by Gasteiger charge is -2.14. The number of tetrazole rings is 1. The van der Waals surface area contributed by atoms with Crippen LogP contribution in [0.15, 0.2) is 41.0 Å². The van der Waals surface area contributed by atoms with Gasteiger partial charge in [0.2, 0.25) is 0 Å². The van der Waals surface area contributed by atoms with Gasteiger partial charge in [0.25, 0.3) is 11.7 Å². The molecular weight excluding hydrogens is 614 g/mol. The van der Waals surface area contributed by atoms with Gasteiger partial charge in [-0.2, -0.15) is 31.8 Å². The fourth-order valence-electron chi connectivity index (χ4n) is 3.11. The zero-order valence-corrected chi connectivity index (χ0v) is 21.3. The van der Waals surface area contributed by atoms with Crippen molar-refractivity contribution in [1.82, 2.24) is 35.0 Å². The zero-order valence-electron chi connectivity index (χ0n) is 18.2. The van der Waals surface area contributed by atoms with Gasteiger partial charge in [0, 0.05) is 15.7 Å². The van der Waals surface area contributed by atoms with Gasteiger partial charge in [0.15, 0.2) is 5.82 Å². The van der Waals surface area contributed by atoms with Crippen molar-refractivity contribution in [1.29, 1.82) is 0 Å². The highest BCUT2D eigenvalue weighted by Gasteiger charge is 2.62. The topological polar surface area (TPSA) is 103 Å². The summed E-state index contributed by atoms with van der Waals surface area (Å²) in [5.74, 6) is -7.74. The maximum Gasteiger partial charge on any atom is 0.461 e. The molecule has 194 valence electrons.